The summed E-state index contributed by atoms with van der Waals surface area (Å²) < 4.78 is 13.6. The number of rotatable bonds is 2. The van der Waals surface area contributed by atoms with Crippen molar-refractivity contribution in [3.8, 4) is 0 Å². The molecule has 0 unspecified atom stereocenters. The average molecular weight is 249 g/mol. The SMILES string of the molecule is Cl.NCCc1c[nH]c2ccc(Cl)c(F)c12. The van der Waals surface area contributed by atoms with Crippen molar-refractivity contribution in [1.29, 1.82) is 0 Å². The third kappa shape index (κ3) is 2.09. The van der Waals surface area contributed by atoms with Crippen molar-refractivity contribution < 1.29 is 4.39 Å². The molecule has 3 N–H and O–H groups in total. The van der Waals surface area contributed by atoms with Gasteiger partial charge in [0.25, 0.3) is 0 Å². The summed E-state index contributed by atoms with van der Waals surface area (Å²) in [5.74, 6) is -0.367. The lowest BCUT2D eigenvalue weighted by Gasteiger charge is -1.99. The van der Waals surface area contributed by atoms with Gasteiger partial charge >= 0.3 is 0 Å². The molecule has 0 atom stereocenters. The summed E-state index contributed by atoms with van der Waals surface area (Å²) >= 11 is 5.70. The molecule has 82 valence electrons. The maximum absolute atomic E-state index is 13.6. The van der Waals surface area contributed by atoms with Gasteiger partial charge in [0.15, 0.2) is 5.82 Å². The first-order valence-electron chi connectivity index (χ1n) is 4.38. The third-order valence-electron chi connectivity index (χ3n) is 2.23. The zero-order chi connectivity index (χ0) is 10.1. The fourth-order valence-corrected chi connectivity index (χ4v) is 1.73. The van der Waals surface area contributed by atoms with Gasteiger partial charge in [0.1, 0.15) is 0 Å². The summed E-state index contributed by atoms with van der Waals surface area (Å²) in [5.41, 5.74) is 7.07. The molecule has 0 saturated carbocycles. The monoisotopic (exact) mass is 248 g/mol. The molecule has 0 fully saturated rings. The van der Waals surface area contributed by atoms with Gasteiger partial charge in [-0.15, -0.1) is 12.4 Å². The zero-order valence-corrected chi connectivity index (χ0v) is 9.46. The van der Waals surface area contributed by atoms with Crippen molar-refractivity contribution in [2.75, 3.05) is 6.54 Å². The smallest absolute Gasteiger partial charge is 0.151 e. The van der Waals surface area contributed by atoms with E-state index < -0.39 is 0 Å². The molecular formula is C10H11Cl2FN2. The van der Waals surface area contributed by atoms with Crippen molar-refractivity contribution in [2.45, 2.75) is 6.42 Å². The maximum Gasteiger partial charge on any atom is 0.151 e. The van der Waals surface area contributed by atoms with E-state index in [9.17, 15) is 4.39 Å². The van der Waals surface area contributed by atoms with Gasteiger partial charge in [-0.1, -0.05) is 11.6 Å². The highest BCUT2D eigenvalue weighted by Crippen LogP contribution is 2.27. The lowest BCUT2D eigenvalue weighted by Crippen LogP contribution is -2.02. The van der Waals surface area contributed by atoms with Gasteiger partial charge in [0.05, 0.1) is 5.02 Å². The number of hydrogen-bond donors (Lipinski definition) is 2. The van der Waals surface area contributed by atoms with Gasteiger partial charge in [0.2, 0.25) is 0 Å². The molecule has 0 amide bonds. The Morgan fingerprint density at radius 1 is 1.40 bits per heavy atom. The van der Waals surface area contributed by atoms with E-state index in [0.717, 1.165) is 11.1 Å². The molecule has 2 nitrogen and oxygen atoms in total. The number of H-pyrrole nitrogens is 1. The van der Waals surface area contributed by atoms with Gasteiger partial charge in [-0.05, 0) is 30.7 Å². The van der Waals surface area contributed by atoms with Crippen LogP contribution in [0.3, 0.4) is 0 Å². The number of benzene rings is 1. The van der Waals surface area contributed by atoms with Gasteiger partial charge in [-0.3, -0.25) is 0 Å². The molecule has 0 radical (unpaired) electrons. The molecule has 5 heteroatoms. The molecule has 1 heterocycles. The maximum atomic E-state index is 13.6. The number of aromatic nitrogens is 1. The quantitative estimate of drug-likeness (QED) is 0.844. The zero-order valence-electron chi connectivity index (χ0n) is 7.89. The summed E-state index contributed by atoms with van der Waals surface area (Å²) in [7, 11) is 0. The molecule has 0 spiro atoms. The molecular weight excluding hydrogens is 238 g/mol. The van der Waals surface area contributed by atoms with E-state index >= 15 is 0 Å². The summed E-state index contributed by atoms with van der Waals surface area (Å²) in [5, 5.41) is 0.707. The molecule has 1 aromatic heterocycles. The number of nitrogens with two attached hydrogens (primary N) is 1. The number of halogens is 3. The molecule has 0 bridgehead atoms. The topological polar surface area (TPSA) is 41.8 Å². The fourth-order valence-electron chi connectivity index (χ4n) is 1.57. The highest BCUT2D eigenvalue weighted by molar-refractivity contribution is 6.31. The summed E-state index contributed by atoms with van der Waals surface area (Å²) in [4.78, 5) is 2.99. The summed E-state index contributed by atoms with van der Waals surface area (Å²) in [6, 6.07) is 3.31. The van der Waals surface area contributed by atoms with Gasteiger partial charge in [0, 0.05) is 17.1 Å². The Balaban J connectivity index is 0.00000112. The number of aromatic amines is 1. The Bertz CT molecular complexity index is 468. The summed E-state index contributed by atoms with van der Waals surface area (Å²) in [6.45, 7) is 0.499. The van der Waals surface area contributed by atoms with Gasteiger partial charge in [-0.25, -0.2) is 4.39 Å². The fraction of sp³-hybridized carbons (Fsp3) is 0.200. The van der Waals surface area contributed by atoms with Crippen molar-refractivity contribution >= 4 is 34.9 Å². The second kappa shape index (κ2) is 4.84. The molecule has 2 aromatic rings. The van der Waals surface area contributed by atoms with E-state index in [1.807, 2.05) is 0 Å². The molecule has 0 aliphatic carbocycles. The largest absolute Gasteiger partial charge is 0.361 e. The lowest BCUT2D eigenvalue weighted by atomic mass is 10.1. The Morgan fingerprint density at radius 2 is 2.13 bits per heavy atom. The van der Waals surface area contributed by atoms with E-state index in [1.165, 1.54) is 0 Å². The van der Waals surface area contributed by atoms with E-state index in [4.69, 9.17) is 17.3 Å². The van der Waals surface area contributed by atoms with Crippen LogP contribution in [0, 0.1) is 5.82 Å². The van der Waals surface area contributed by atoms with Crippen LogP contribution in [0.4, 0.5) is 4.39 Å². The van der Waals surface area contributed by atoms with Gasteiger partial charge in [-0.2, -0.15) is 0 Å². The van der Waals surface area contributed by atoms with Crippen LogP contribution in [0.2, 0.25) is 5.02 Å². The molecule has 1 aromatic carbocycles. The summed E-state index contributed by atoms with van der Waals surface area (Å²) in [6.07, 6.45) is 2.42. The van der Waals surface area contributed by atoms with E-state index in [-0.39, 0.29) is 23.2 Å². The molecule has 15 heavy (non-hydrogen) atoms. The van der Waals surface area contributed by atoms with Crippen molar-refractivity contribution in [2.24, 2.45) is 5.73 Å². The van der Waals surface area contributed by atoms with Crippen molar-refractivity contribution in [1.82, 2.24) is 4.98 Å². The van der Waals surface area contributed by atoms with Crippen LogP contribution < -0.4 is 5.73 Å². The number of hydrogen-bond acceptors (Lipinski definition) is 1. The van der Waals surface area contributed by atoms with E-state index in [2.05, 4.69) is 4.98 Å². The first kappa shape index (κ1) is 12.3. The van der Waals surface area contributed by atoms with Crippen molar-refractivity contribution in [3.63, 3.8) is 0 Å². The highest BCUT2D eigenvalue weighted by Gasteiger charge is 2.10. The van der Waals surface area contributed by atoms with Crippen LogP contribution in [0.5, 0.6) is 0 Å². The van der Waals surface area contributed by atoms with Crippen LogP contribution >= 0.6 is 24.0 Å². The predicted octanol–water partition coefficient (Wildman–Crippen LogP) is 2.88. The second-order valence-corrected chi connectivity index (χ2v) is 3.54. The Kier molecular flexibility index (Phi) is 3.97. The van der Waals surface area contributed by atoms with Crippen molar-refractivity contribution in [3.05, 3.63) is 34.7 Å². The van der Waals surface area contributed by atoms with E-state index in [1.54, 1.807) is 18.3 Å². The third-order valence-corrected chi connectivity index (χ3v) is 2.52. The van der Waals surface area contributed by atoms with Crippen LogP contribution in [-0.4, -0.2) is 11.5 Å². The first-order chi connectivity index (χ1) is 6.74. The normalized spacial score (nSPS) is 10.3. The molecule has 2 rings (SSSR count). The predicted molar refractivity (Wildman–Crippen MR) is 63.3 cm³/mol. The number of nitrogens with one attached hydrogen (secondary N) is 1. The minimum absolute atomic E-state index is 0. The molecule has 0 saturated heterocycles. The second-order valence-electron chi connectivity index (χ2n) is 3.14. The Labute approximate surface area is 98.0 Å². The van der Waals surface area contributed by atoms with Crippen LogP contribution in [0.1, 0.15) is 5.56 Å². The lowest BCUT2D eigenvalue weighted by molar-refractivity contribution is 0.639. The highest BCUT2D eigenvalue weighted by atomic mass is 35.5. The Morgan fingerprint density at radius 3 is 2.80 bits per heavy atom. The number of fused-ring (bicyclic) bond motifs is 1. The minimum atomic E-state index is -0.367. The van der Waals surface area contributed by atoms with Crippen LogP contribution in [0.15, 0.2) is 18.3 Å². The first-order valence-corrected chi connectivity index (χ1v) is 4.76. The standard InChI is InChI=1S/C10H10ClFN2.ClH/c11-7-1-2-8-9(10(7)12)6(3-4-13)5-14-8;/h1-2,5,14H,3-4,13H2;1H. The molecule has 0 aliphatic heterocycles. The van der Waals surface area contributed by atoms with Crippen LogP contribution in [-0.2, 0) is 6.42 Å². The minimum Gasteiger partial charge on any atom is -0.361 e. The molecule has 0 aliphatic rings. The Hall–Kier alpha value is -0.770. The van der Waals surface area contributed by atoms with E-state index in [0.29, 0.717) is 18.4 Å². The van der Waals surface area contributed by atoms with Gasteiger partial charge < -0.3 is 10.7 Å². The van der Waals surface area contributed by atoms with Crippen LogP contribution in [0.25, 0.3) is 10.9 Å². The average Bonchev–Trinajstić information content (AvgIpc) is 2.57.